The van der Waals surface area contributed by atoms with E-state index in [0.29, 0.717) is 6.54 Å². The van der Waals surface area contributed by atoms with Gasteiger partial charge in [0.2, 0.25) is 0 Å². The van der Waals surface area contributed by atoms with Gasteiger partial charge >= 0.3 is 0 Å². The van der Waals surface area contributed by atoms with Crippen molar-refractivity contribution >= 4 is 5.96 Å². The number of rotatable bonds is 8. The molecule has 1 fully saturated rings. The summed E-state index contributed by atoms with van der Waals surface area (Å²) in [6, 6.07) is 6.19. The van der Waals surface area contributed by atoms with Gasteiger partial charge in [0.15, 0.2) is 11.7 Å². The second-order valence-corrected chi connectivity index (χ2v) is 6.84. The zero-order chi connectivity index (χ0) is 18.9. The van der Waals surface area contributed by atoms with Gasteiger partial charge in [0.25, 0.3) is 0 Å². The predicted octanol–water partition coefficient (Wildman–Crippen LogP) is 3.11. The van der Waals surface area contributed by atoms with Crippen molar-refractivity contribution < 1.29 is 8.94 Å². The number of aliphatic imine (C=N–C) groups is 1. The lowest BCUT2D eigenvalue weighted by molar-refractivity contribution is 0.146. The highest BCUT2D eigenvalue weighted by molar-refractivity contribution is 5.79. The first-order valence-electron chi connectivity index (χ1n) is 10.0. The minimum Gasteiger partial charge on any atom is -0.468 e. The van der Waals surface area contributed by atoms with Gasteiger partial charge in [0, 0.05) is 19.2 Å². The van der Waals surface area contributed by atoms with Crippen LogP contribution in [0.25, 0.3) is 0 Å². The fourth-order valence-electron chi connectivity index (χ4n) is 3.41. The molecule has 0 bridgehead atoms. The number of furan rings is 1. The SMILES string of the molecule is CCNC(=NCc1cc(CC)no1)NCC(c1ccco1)N1CCCCC1. The molecule has 0 aromatic carbocycles. The lowest BCUT2D eigenvalue weighted by atomic mass is 10.1. The van der Waals surface area contributed by atoms with E-state index < -0.39 is 0 Å². The molecule has 7 nitrogen and oxygen atoms in total. The van der Waals surface area contributed by atoms with Crippen molar-refractivity contribution in [2.24, 2.45) is 4.99 Å². The molecule has 1 atom stereocenters. The van der Waals surface area contributed by atoms with Gasteiger partial charge in [-0.3, -0.25) is 4.90 Å². The Labute approximate surface area is 161 Å². The maximum atomic E-state index is 5.72. The zero-order valence-corrected chi connectivity index (χ0v) is 16.4. The maximum Gasteiger partial charge on any atom is 0.191 e. The van der Waals surface area contributed by atoms with Crippen molar-refractivity contribution in [3.63, 3.8) is 0 Å². The molecule has 2 N–H and O–H groups in total. The summed E-state index contributed by atoms with van der Waals surface area (Å²) in [6.45, 7) is 8.36. The van der Waals surface area contributed by atoms with Crippen LogP contribution in [0, 0.1) is 0 Å². The van der Waals surface area contributed by atoms with E-state index in [9.17, 15) is 0 Å². The monoisotopic (exact) mass is 373 g/mol. The molecular weight excluding hydrogens is 342 g/mol. The normalized spacial score (nSPS) is 17.0. The van der Waals surface area contributed by atoms with Gasteiger partial charge in [-0.2, -0.15) is 0 Å². The molecule has 0 spiro atoms. The Kier molecular flexibility index (Phi) is 7.33. The van der Waals surface area contributed by atoms with Crippen molar-refractivity contribution in [2.45, 2.75) is 52.1 Å². The van der Waals surface area contributed by atoms with Crippen LogP contribution in [-0.4, -0.2) is 42.2 Å². The number of nitrogens with one attached hydrogen (secondary N) is 2. The quantitative estimate of drug-likeness (QED) is 0.547. The number of hydrogen-bond acceptors (Lipinski definition) is 5. The van der Waals surface area contributed by atoms with E-state index in [4.69, 9.17) is 8.94 Å². The maximum absolute atomic E-state index is 5.72. The van der Waals surface area contributed by atoms with E-state index in [-0.39, 0.29) is 6.04 Å². The lowest BCUT2D eigenvalue weighted by Crippen LogP contribution is -2.44. The third-order valence-electron chi connectivity index (χ3n) is 4.87. The molecule has 1 aliphatic heterocycles. The van der Waals surface area contributed by atoms with E-state index in [2.05, 4.69) is 45.6 Å². The molecular formula is C20H31N5O2. The summed E-state index contributed by atoms with van der Waals surface area (Å²) in [5, 5.41) is 10.8. The Morgan fingerprint density at radius 1 is 1.26 bits per heavy atom. The molecule has 148 valence electrons. The Bertz CT molecular complexity index is 689. The molecule has 1 aliphatic rings. The fourth-order valence-corrected chi connectivity index (χ4v) is 3.41. The second kappa shape index (κ2) is 10.2. The smallest absolute Gasteiger partial charge is 0.191 e. The number of piperidine rings is 1. The minimum absolute atomic E-state index is 0.209. The van der Waals surface area contributed by atoms with Crippen LogP contribution in [-0.2, 0) is 13.0 Å². The van der Waals surface area contributed by atoms with Gasteiger partial charge in [0.1, 0.15) is 12.3 Å². The first-order valence-corrected chi connectivity index (χ1v) is 10.0. The van der Waals surface area contributed by atoms with E-state index in [0.717, 1.165) is 55.8 Å². The zero-order valence-electron chi connectivity index (χ0n) is 16.4. The topological polar surface area (TPSA) is 78.8 Å². The highest BCUT2D eigenvalue weighted by Gasteiger charge is 2.24. The lowest BCUT2D eigenvalue weighted by Gasteiger charge is -2.33. The van der Waals surface area contributed by atoms with Gasteiger partial charge < -0.3 is 19.6 Å². The summed E-state index contributed by atoms with van der Waals surface area (Å²) in [5.74, 6) is 2.56. The van der Waals surface area contributed by atoms with Crippen molar-refractivity contribution in [3.8, 4) is 0 Å². The van der Waals surface area contributed by atoms with Crippen LogP contribution in [0.5, 0.6) is 0 Å². The summed E-state index contributed by atoms with van der Waals surface area (Å²) in [6.07, 6.45) is 6.43. The minimum atomic E-state index is 0.209. The first-order chi connectivity index (χ1) is 13.3. The van der Waals surface area contributed by atoms with Gasteiger partial charge in [-0.05, 0) is 51.4 Å². The predicted molar refractivity (Wildman–Crippen MR) is 106 cm³/mol. The summed E-state index contributed by atoms with van der Waals surface area (Å²) in [5.41, 5.74) is 0.959. The molecule has 0 amide bonds. The van der Waals surface area contributed by atoms with E-state index in [1.807, 2.05) is 12.1 Å². The molecule has 7 heteroatoms. The number of aromatic nitrogens is 1. The molecule has 3 rings (SSSR count). The molecule has 27 heavy (non-hydrogen) atoms. The molecule has 1 saturated heterocycles. The molecule has 3 heterocycles. The largest absolute Gasteiger partial charge is 0.468 e. The van der Waals surface area contributed by atoms with Crippen LogP contribution in [0.4, 0.5) is 0 Å². The Hall–Kier alpha value is -2.28. The number of nitrogens with zero attached hydrogens (tertiary/aromatic N) is 3. The molecule has 1 unspecified atom stereocenters. The van der Waals surface area contributed by atoms with Crippen molar-refractivity contribution in [3.05, 3.63) is 41.7 Å². The van der Waals surface area contributed by atoms with Crippen LogP contribution in [0.1, 0.15) is 56.4 Å². The Morgan fingerprint density at radius 2 is 2.11 bits per heavy atom. The van der Waals surface area contributed by atoms with Crippen molar-refractivity contribution in [1.29, 1.82) is 0 Å². The molecule has 0 saturated carbocycles. The summed E-state index contributed by atoms with van der Waals surface area (Å²) in [7, 11) is 0. The summed E-state index contributed by atoms with van der Waals surface area (Å²) >= 11 is 0. The molecule has 2 aromatic rings. The highest BCUT2D eigenvalue weighted by atomic mass is 16.5. The highest BCUT2D eigenvalue weighted by Crippen LogP contribution is 2.24. The van der Waals surface area contributed by atoms with E-state index in [1.54, 1.807) is 6.26 Å². The van der Waals surface area contributed by atoms with Crippen molar-refractivity contribution in [1.82, 2.24) is 20.7 Å². The van der Waals surface area contributed by atoms with E-state index >= 15 is 0 Å². The number of aryl methyl sites for hydroxylation is 1. The molecule has 2 aromatic heterocycles. The van der Waals surface area contributed by atoms with Crippen LogP contribution in [0.3, 0.4) is 0 Å². The fraction of sp³-hybridized carbons (Fsp3) is 0.600. The van der Waals surface area contributed by atoms with Gasteiger partial charge in [-0.25, -0.2) is 4.99 Å². The third kappa shape index (κ3) is 5.60. The number of hydrogen-bond donors (Lipinski definition) is 2. The average Bonchev–Trinajstić information content (AvgIpc) is 3.39. The molecule has 0 aliphatic carbocycles. The third-order valence-corrected chi connectivity index (χ3v) is 4.87. The van der Waals surface area contributed by atoms with Gasteiger partial charge in [0.05, 0.1) is 18.0 Å². The standard InChI is InChI=1S/C20H31N5O2/c1-3-16-13-17(27-24-16)14-22-20(21-4-2)23-15-18(19-9-8-12-26-19)25-10-6-5-7-11-25/h8-9,12-13,18H,3-7,10-11,14-15H2,1-2H3,(H2,21,22,23). The second-order valence-electron chi connectivity index (χ2n) is 6.84. The van der Waals surface area contributed by atoms with Crippen LogP contribution in [0.2, 0.25) is 0 Å². The molecule has 0 radical (unpaired) electrons. The Morgan fingerprint density at radius 3 is 2.78 bits per heavy atom. The number of guanidine groups is 1. The van der Waals surface area contributed by atoms with Crippen LogP contribution >= 0.6 is 0 Å². The average molecular weight is 374 g/mol. The first kappa shape index (κ1) is 19.5. The van der Waals surface area contributed by atoms with Crippen LogP contribution in [0.15, 0.2) is 38.4 Å². The number of likely N-dealkylation sites (tertiary alicyclic amines) is 1. The Balaban J connectivity index is 1.63. The van der Waals surface area contributed by atoms with E-state index in [1.165, 1.54) is 19.3 Å². The van der Waals surface area contributed by atoms with Crippen molar-refractivity contribution in [2.75, 3.05) is 26.2 Å². The van der Waals surface area contributed by atoms with Gasteiger partial charge in [-0.15, -0.1) is 0 Å². The van der Waals surface area contributed by atoms with Crippen LogP contribution < -0.4 is 10.6 Å². The van der Waals surface area contributed by atoms with Gasteiger partial charge in [-0.1, -0.05) is 18.5 Å². The summed E-state index contributed by atoms with van der Waals surface area (Å²) < 4.78 is 11.0. The summed E-state index contributed by atoms with van der Waals surface area (Å²) in [4.78, 5) is 7.14.